The van der Waals surface area contributed by atoms with Crippen molar-refractivity contribution < 1.29 is 24.8 Å². The minimum atomic E-state index is -1.53. The van der Waals surface area contributed by atoms with E-state index in [0.29, 0.717) is 0 Å². The maximum absolute atomic E-state index is 12.0. The number of aromatic nitrogens is 1. The quantitative estimate of drug-likeness (QED) is 0.521. The number of amides is 1. The number of carboxylic acid groups (broad SMARTS) is 1. The van der Waals surface area contributed by atoms with Crippen LogP contribution < -0.4 is 20.7 Å². The van der Waals surface area contributed by atoms with E-state index in [9.17, 15) is 14.7 Å². The predicted molar refractivity (Wildman–Crippen MR) is 90.5 cm³/mol. The Morgan fingerprint density at radius 3 is 2.12 bits per heavy atom. The zero-order valence-electron chi connectivity index (χ0n) is 13.3. The zero-order chi connectivity index (χ0) is 17.8. The molecule has 0 unspecified atom stereocenters. The highest BCUT2D eigenvalue weighted by Crippen LogP contribution is 2.28. The van der Waals surface area contributed by atoms with Crippen molar-refractivity contribution in [2.45, 2.75) is 6.04 Å². The van der Waals surface area contributed by atoms with Crippen LogP contribution in [0, 0.1) is 0 Å². The second-order valence-corrected chi connectivity index (χ2v) is 5.57. The van der Waals surface area contributed by atoms with E-state index in [2.05, 4.69) is 15.6 Å². The summed E-state index contributed by atoms with van der Waals surface area (Å²) in [6.07, 6.45) is 0. The van der Waals surface area contributed by atoms with E-state index in [1.54, 1.807) is 0 Å². The second-order valence-electron chi connectivity index (χ2n) is 5.57. The smallest absolute Gasteiger partial charge is 0.239 e. The lowest BCUT2D eigenvalue weighted by Gasteiger charge is -2.17. The molecule has 3 aromatic rings. The molecular weight excluding hydrogens is 322 g/mol. The van der Waals surface area contributed by atoms with Crippen molar-refractivity contribution in [3.05, 3.63) is 48.5 Å². The summed E-state index contributed by atoms with van der Waals surface area (Å²) >= 11 is 0. The summed E-state index contributed by atoms with van der Waals surface area (Å²) in [7, 11) is 0. The highest BCUT2D eigenvalue weighted by atomic mass is 16.4. The molecule has 0 fully saturated rings. The van der Waals surface area contributed by atoms with E-state index in [1.807, 2.05) is 48.5 Å². The van der Waals surface area contributed by atoms with Gasteiger partial charge >= 0.3 is 0 Å². The first-order valence-electron chi connectivity index (χ1n) is 7.78. The number of rotatable bonds is 6. The third kappa shape index (κ3) is 3.51. The monoisotopic (exact) mass is 339 g/mol. The predicted octanol–water partition coefficient (Wildman–Crippen LogP) is -0.554. The van der Waals surface area contributed by atoms with Gasteiger partial charge in [-0.3, -0.25) is 4.79 Å². The Balaban J connectivity index is 1.89. The van der Waals surface area contributed by atoms with Crippen LogP contribution in [0.2, 0.25) is 0 Å². The van der Waals surface area contributed by atoms with Gasteiger partial charge in [-0.1, -0.05) is 24.3 Å². The summed E-state index contributed by atoms with van der Waals surface area (Å²) in [5.74, 6) is -2.08. The standard InChI is InChI=1S/C18H17N3O4/c22-10-15(18(24)25)21-16(23)9-19-17-11-5-1-3-7-13(11)20-14-8-4-2-6-12(14)17/h1-8,15,22H,9-10H2,(H,19,20)(H,21,23)(H,24,25)/t15-/m1/s1. The number of carbonyl (C=O) groups is 2. The Kier molecular flexibility index (Phi) is 4.76. The molecule has 0 bridgehead atoms. The van der Waals surface area contributed by atoms with E-state index in [4.69, 9.17) is 5.11 Å². The fourth-order valence-electron chi connectivity index (χ4n) is 2.69. The summed E-state index contributed by atoms with van der Waals surface area (Å²) in [5, 5.41) is 26.8. The lowest BCUT2D eigenvalue weighted by atomic mass is 10.1. The average molecular weight is 339 g/mol. The number of benzene rings is 2. The Morgan fingerprint density at radius 1 is 1.04 bits per heavy atom. The number of aromatic amines is 1. The van der Waals surface area contributed by atoms with Gasteiger partial charge in [-0.15, -0.1) is 0 Å². The van der Waals surface area contributed by atoms with Gasteiger partial charge in [-0.25, -0.2) is 4.98 Å². The number of carboxylic acids is 1. The molecule has 0 aliphatic heterocycles. The molecule has 2 aromatic carbocycles. The van der Waals surface area contributed by atoms with E-state index in [0.717, 1.165) is 27.5 Å². The molecule has 0 saturated carbocycles. The third-order valence-electron chi connectivity index (χ3n) is 3.89. The van der Waals surface area contributed by atoms with Crippen LogP contribution in [0.4, 0.5) is 5.69 Å². The number of nitrogens with one attached hydrogen (secondary N) is 3. The number of pyridine rings is 1. The largest absolute Gasteiger partial charge is 0.548 e. The number of aliphatic hydroxyl groups is 1. The summed E-state index contributed by atoms with van der Waals surface area (Å²) in [5.41, 5.74) is 2.59. The minimum absolute atomic E-state index is 0.137. The molecule has 0 spiro atoms. The molecule has 0 radical (unpaired) electrons. The Hall–Kier alpha value is -3.19. The first-order valence-corrected chi connectivity index (χ1v) is 7.78. The fourth-order valence-corrected chi connectivity index (χ4v) is 2.69. The van der Waals surface area contributed by atoms with Crippen LogP contribution in [0.15, 0.2) is 48.5 Å². The van der Waals surface area contributed by atoms with Crippen molar-refractivity contribution in [3.63, 3.8) is 0 Å². The van der Waals surface area contributed by atoms with Crippen LogP contribution in [-0.4, -0.2) is 36.2 Å². The van der Waals surface area contributed by atoms with Gasteiger partial charge in [0.25, 0.3) is 0 Å². The molecule has 7 heteroatoms. The molecule has 0 saturated heterocycles. The fraction of sp³-hybridized carbons (Fsp3) is 0.167. The van der Waals surface area contributed by atoms with Crippen LogP contribution >= 0.6 is 0 Å². The summed E-state index contributed by atoms with van der Waals surface area (Å²) in [6, 6.07) is 13.9. The maximum Gasteiger partial charge on any atom is 0.239 e. The molecule has 1 heterocycles. The number of H-pyrrole nitrogens is 1. The van der Waals surface area contributed by atoms with Gasteiger partial charge in [0.05, 0.1) is 41.6 Å². The van der Waals surface area contributed by atoms with Crippen LogP contribution in [0.1, 0.15) is 0 Å². The highest BCUT2D eigenvalue weighted by Gasteiger charge is 2.16. The van der Waals surface area contributed by atoms with Gasteiger partial charge in [0.2, 0.25) is 16.9 Å². The molecule has 1 aromatic heterocycles. The van der Waals surface area contributed by atoms with E-state index >= 15 is 0 Å². The van der Waals surface area contributed by atoms with Crippen LogP contribution in [0.3, 0.4) is 0 Å². The maximum atomic E-state index is 12.0. The number of para-hydroxylation sites is 2. The summed E-state index contributed by atoms with van der Waals surface area (Å²) in [4.78, 5) is 26.1. The van der Waals surface area contributed by atoms with Gasteiger partial charge in [-0.2, -0.15) is 0 Å². The Bertz CT molecular complexity index is 888. The number of hydrogen-bond donors (Lipinski definition) is 3. The second kappa shape index (κ2) is 7.14. The van der Waals surface area contributed by atoms with Crippen molar-refractivity contribution >= 4 is 39.4 Å². The van der Waals surface area contributed by atoms with Crippen molar-refractivity contribution in [1.29, 1.82) is 0 Å². The Labute approximate surface area is 143 Å². The van der Waals surface area contributed by atoms with Gasteiger partial charge in [0.1, 0.15) is 0 Å². The molecule has 1 atom stereocenters. The van der Waals surface area contributed by atoms with Crippen molar-refractivity contribution in [2.75, 3.05) is 18.5 Å². The molecule has 25 heavy (non-hydrogen) atoms. The number of aliphatic carboxylic acids is 1. The lowest BCUT2D eigenvalue weighted by molar-refractivity contribution is -0.310. The molecular formula is C18H17N3O4. The van der Waals surface area contributed by atoms with Crippen LogP contribution in [0.25, 0.3) is 21.8 Å². The van der Waals surface area contributed by atoms with Gasteiger partial charge in [0.15, 0.2) is 0 Å². The van der Waals surface area contributed by atoms with Crippen LogP contribution in [0.5, 0.6) is 0 Å². The summed E-state index contributed by atoms with van der Waals surface area (Å²) < 4.78 is 0. The van der Waals surface area contributed by atoms with Crippen molar-refractivity contribution in [3.8, 4) is 0 Å². The minimum Gasteiger partial charge on any atom is -0.548 e. The molecule has 128 valence electrons. The number of hydrogen-bond acceptors (Lipinski definition) is 5. The van der Waals surface area contributed by atoms with Crippen LogP contribution in [-0.2, 0) is 9.59 Å². The first kappa shape index (κ1) is 16.7. The van der Waals surface area contributed by atoms with Crippen molar-refractivity contribution in [2.24, 2.45) is 0 Å². The van der Waals surface area contributed by atoms with E-state index in [-0.39, 0.29) is 6.54 Å². The number of carbonyl (C=O) groups excluding carboxylic acids is 2. The van der Waals surface area contributed by atoms with Crippen molar-refractivity contribution in [1.82, 2.24) is 5.32 Å². The Morgan fingerprint density at radius 2 is 1.60 bits per heavy atom. The topological polar surface area (TPSA) is 116 Å². The zero-order valence-corrected chi connectivity index (χ0v) is 13.3. The van der Waals surface area contributed by atoms with E-state index in [1.165, 1.54) is 0 Å². The molecule has 3 rings (SSSR count). The number of fused-ring (bicyclic) bond motifs is 2. The number of aliphatic hydroxyl groups excluding tert-OH is 1. The van der Waals surface area contributed by atoms with Gasteiger partial charge in [0, 0.05) is 12.1 Å². The molecule has 7 nitrogen and oxygen atoms in total. The normalized spacial score (nSPS) is 12.0. The third-order valence-corrected chi connectivity index (χ3v) is 3.89. The van der Waals surface area contributed by atoms with Gasteiger partial charge in [-0.05, 0) is 12.1 Å². The molecule has 1 amide bonds. The first-order chi connectivity index (χ1) is 12.1. The van der Waals surface area contributed by atoms with Gasteiger partial charge < -0.3 is 25.6 Å². The SMILES string of the molecule is O=C(CNc1c2ccccc2[nH+]c2ccccc12)N[C@H](CO)C(=O)[O-]. The molecule has 0 aliphatic rings. The molecule has 4 N–H and O–H groups in total. The van der Waals surface area contributed by atoms with E-state index < -0.39 is 24.5 Å². The highest BCUT2D eigenvalue weighted by molar-refractivity contribution is 6.05. The number of anilines is 1. The lowest BCUT2D eigenvalue weighted by Crippen LogP contribution is -2.51. The summed E-state index contributed by atoms with van der Waals surface area (Å²) in [6.45, 7) is -0.859. The molecule has 0 aliphatic carbocycles. The average Bonchev–Trinajstić information content (AvgIpc) is 2.62.